The van der Waals surface area contributed by atoms with E-state index in [1.807, 2.05) is 12.1 Å². The van der Waals surface area contributed by atoms with E-state index in [9.17, 15) is 4.39 Å². The number of morpholine rings is 1. The van der Waals surface area contributed by atoms with Gasteiger partial charge in [-0.2, -0.15) is 0 Å². The van der Waals surface area contributed by atoms with E-state index in [2.05, 4.69) is 19.2 Å². The van der Waals surface area contributed by atoms with Crippen molar-refractivity contribution in [2.24, 2.45) is 5.92 Å². The second-order valence-electron chi connectivity index (χ2n) is 5.54. The molecule has 3 heteroatoms. The summed E-state index contributed by atoms with van der Waals surface area (Å²) in [6.07, 6.45) is 1.24. The van der Waals surface area contributed by atoms with Gasteiger partial charge in [-0.25, -0.2) is 4.39 Å². The van der Waals surface area contributed by atoms with Gasteiger partial charge in [-0.05, 0) is 36.5 Å². The average molecular weight is 251 g/mol. The monoisotopic (exact) mass is 251 g/mol. The Morgan fingerprint density at radius 1 is 1.39 bits per heavy atom. The van der Waals surface area contributed by atoms with Crippen molar-refractivity contribution in [2.75, 3.05) is 13.1 Å². The quantitative estimate of drug-likeness (QED) is 0.890. The Labute approximate surface area is 109 Å². The van der Waals surface area contributed by atoms with Crippen molar-refractivity contribution in [3.8, 4) is 0 Å². The summed E-state index contributed by atoms with van der Waals surface area (Å²) in [6, 6.07) is 5.38. The first-order valence-corrected chi connectivity index (χ1v) is 6.68. The molecule has 18 heavy (non-hydrogen) atoms. The van der Waals surface area contributed by atoms with Crippen molar-refractivity contribution < 1.29 is 9.13 Å². The Bertz CT molecular complexity index is 405. The molecule has 1 aliphatic heterocycles. The van der Waals surface area contributed by atoms with Gasteiger partial charge in [-0.3, -0.25) is 0 Å². The van der Waals surface area contributed by atoms with Crippen molar-refractivity contribution in [1.82, 2.24) is 5.32 Å². The van der Waals surface area contributed by atoms with Gasteiger partial charge in [-0.15, -0.1) is 0 Å². The van der Waals surface area contributed by atoms with Gasteiger partial charge in [0.1, 0.15) is 5.82 Å². The first-order chi connectivity index (χ1) is 8.56. The summed E-state index contributed by atoms with van der Waals surface area (Å²) in [4.78, 5) is 0. The highest BCUT2D eigenvalue weighted by atomic mass is 19.1. The minimum Gasteiger partial charge on any atom is -0.368 e. The topological polar surface area (TPSA) is 21.3 Å². The van der Waals surface area contributed by atoms with Crippen LogP contribution in [0, 0.1) is 18.7 Å². The van der Waals surface area contributed by atoms with Gasteiger partial charge in [0, 0.05) is 13.1 Å². The predicted octanol–water partition coefficient (Wildman–Crippen LogP) is 3.21. The molecule has 0 radical (unpaired) electrons. The number of hydrogen-bond donors (Lipinski definition) is 1. The van der Waals surface area contributed by atoms with Gasteiger partial charge in [0.25, 0.3) is 0 Å². The zero-order valence-electron chi connectivity index (χ0n) is 11.4. The molecule has 0 amide bonds. The number of aryl methyl sites for hydroxylation is 1. The summed E-state index contributed by atoms with van der Waals surface area (Å²) in [7, 11) is 0. The van der Waals surface area contributed by atoms with Crippen LogP contribution in [0.2, 0.25) is 0 Å². The van der Waals surface area contributed by atoms with E-state index in [4.69, 9.17) is 4.74 Å². The Hall–Kier alpha value is -0.930. The van der Waals surface area contributed by atoms with Crippen LogP contribution in [0.3, 0.4) is 0 Å². The minimum absolute atomic E-state index is 0.0300. The molecule has 0 aliphatic carbocycles. The van der Waals surface area contributed by atoms with Crippen LogP contribution in [-0.2, 0) is 4.74 Å². The van der Waals surface area contributed by atoms with Crippen LogP contribution in [0.5, 0.6) is 0 Å². The zero-order valence-corrected chi connectivity index (χ0v) is 11.4. The molecule has 1 saturated heterocycles. The van der Waals surface area contributed by atoms with Crippen LogP contribution < -0.4 is 5.32 Å². The Morgan fingerprint density at radius 3 is 2.83 bits per heavy atom. The molecule has 1 aliphatic rings. The van der Waals surface area contributed by atoms with Crippen LogP contribution in [0.25, 0.3) is 0 Å². The van der Waals surface area contributed by atoms with Crippen LogP contribution in [0.1, 0.15) is 37.5 Å². The van der Waals surface area contributed by atoms with E-state index in [0.29, 0.717) is 11.5 Å². The number of benzene rings is 1. The van der Waals surface area contributed by atoms with Gasteiger partial charge >= 0.3 is 0 Å². The Kier molecular flexibility index (Phi) is 4.36. The van der Waals surface area contributed by atoms with Gasteiger partial charge in [0.15, 0.2) is 0 Å². The number of rotatable bonds is 3. The van der Waals surface area contributed by atoms with Crippen molar-refractivity contribution >= 4 is 0 Å². The van der Waals surface area contributed by atoms with E-state index in [0.717, 1.165) is 25.1 Å². The van der Waals surface area contributed by atoms with Crippen molar-refractivity contribution in [3.05, 3.63) is 35.1 Å². The molecule has 100 valence electrons. The van der Waals surface area contributed by atoms with E-state index in [1.54, 1.807) is 13.0 Å². The number of halogens is 1. The molecule has 0 bridgehead atoms. The number of ether oxygens (including phenoxy) is 1. The second-order valence-corrected chi connectivity index (χ2v) is 5.54. The summed E-state index contributed by atoms with van der Waals surface area (Å²) in [5, 5.41) is 3.38. The van der Waals surface area contributed by atoms with Crippen molar-refractivity contribution in [3.63, 3.8) is 0 Å². The highest BCUT2D eigenvalue weighted by molar-refractivity contribution is 5.25. The van der Waals surface area contributed by atoms with Gasteiger partial charge in [0.2, 0.25) is 0 Å². The zero-order chi connectivity index (χ0) is 13.1. The summed E-state index contributed by atoms with van der Waals surface area (Å²) in [5.41, 5.74) is 1.61. The smallest absolute Gasteiger partial charge is 0.126 e. The summed E-state index contributed by atoms with van der Waals surface area (Å²) >= 11 is 0. The second kappa shape index (κ2) is 5.81. The maximum absolute atomic E-state index is 13.6. The molecular formula is C15H22FNO. The van der Waals surface area contributed by atoms with Gasteiger partial charge in [-0.1, -0.05) is 26.0 Å². The molecule has 0 saturated carbocycles. The largest absolute Gasteiger partial charge is 0.368 e. The average Bonchev–Trinajstić information content (AvgIpc) is 2.32. The minimum atomic E-state index is -0.151. The van der Waals surface area contributed by atoms with Crippen LogP contribution in [0.4, 0.5) is 4.39 Å². The van der Waals surface area contributed by atoms with Crippen LogP contribution in [-0.4, -0.2) is 19.2 Å². The van der Waals surface area contributed by atoms with Gasteiger partial charge < -0.3 is 10.1 Å². The third-order valence-electron chi connectivity index (χ3n) is 3.36. The van der Waals surface area contributed by atoms with Gasteiger partial charge in [0.05, 0.1) is 12.2 Å². The lowest BCUT2D eigenvalue weighted by molar-refractivity contribution is -0.0475. The maximum Gasteiger partial charge on any atom is 0.126 e. The lowest BCUT2D eigenvalue weighted by Crippen LogP contribution is -2.41. The third-order valence-corrected chi connectivity index (χ3v) is 3.36. The van der Waals surface area contributed by atoms with Crippen LogP contribution in [0.15, 0.2) is 18.2 Å². The lowest BCUT2D eigenvalue weighted by atomic mass is 10.0. The molecule has 2 unspecified atom stereocenters. The fourth-order valence-corrected chi connectivity index (χ4v) is 2.37. The molecule has 2 rings (SSSR count). The van der Waals surface area contributed by atoms with Crippen LogP contribution >= 0.6 is 0 Å². The van der Waals surface area contributed by atoms with Crippen molar-refractivity contribution in [2.45, 2.75) is 39.4 Å². The summed E-state index contributed by atoms with van der Waals surface area (Å²) in [5.74, 6) is 0.465. The summed E-state index contributed by atoms with van der Waals surface area (Å²) < 4.78 is 19.6. The molecule has 1 N–H and O–H groups in total. The van der Waals surface area contributed by atoms with E-state index in [-0.39, 0.29) is 18.0 Å². The number of nitrogens with one attached hydrogen (secondary N) is 1. The lowest BCUT2D eigenvalue weighted by Gasteiger charge is -2.32. The highest BCUT2D eigenvalue weighted by Crippen LogP contribution is 2.25. The SMILES string of the molecule is Cc1ccc(C2CNCC(CC(C)C)O2)cc1F. The molecule has 1 aromatic rings. The fraction of sp³-hybridized carbons (Fsp3) is 0.600. The molecule has 1 fully saturated rings. The fourth-order valence-electron chi connectivity index (χ4n) is 2.37. The number of hydrogen-bond acceptors (Lipinski definition) is 2. The molecule has 2 nitrogen and oxygen atoms in total. The van der Waals surface area contributed by atoms with E-state index in [1.165, 1.54) is 0 Å². The molecule has 1 heterocycles. The molecule has 2 atom stereocenters. The molecule has 0 aromatic heterocycles. The third kappa shape index (κ3) is 3.30. The molecule has 1 aromatic carbocycles. The Morgan fingerprint density at radius 2 is 2.17 bits per heavy atom. The van der Waals surface area contributed by atoms with E-state index < -0.39 is 0 Å². The van der Waals surface area contributed by atoms with Crippen molar-refractivity contribution in [1.29, 1.82) is 0 Å². The first-order valence-electron chi connectivity index (χ1n) is 6.68. The Balaban J connectivity index is 2.05. The highest BCUT2D eigenvalue weighted by Gasteiger charge is 2.24. The predicted molar refractivity (Wildman–Crippen MR) is 71.1 cm³/mol. The summed E-state index contributed by atoms with van der Waals surface area (Å²) in [6.45, 7) is 7.82. The molecule has 0 spiro atoms. The standard InChI is InChI=1S/C15H22FNO/c1-10(2)6-13-8-17-9-15(18-13)12-5-4-11(3)14(16)7-12/h4-5,7,10,13,15,17H,6,8-9H2,1-3H3. The molecular weight excluding hydrogens is 229 g/mol. The van der Waals surface area contributed by atoms with E-state index >= 15 is 0 Å². The first kappa shape index (κ1) is 13.5. The normalized spacial score (nSPS) is 24.5. The maximum atomic E-state index is 13.6.